The molecule has 0 amide bonds. The van der Waals surface area contributed by atoms with Gasteiger partial charge in [0, 0.05) is 12.3 Å². The van der Waals surface area contributed by atoms with Crippen LogP contribution in [0.4, 0.5) is 13.2 Å². The lowest BCUT2D eigenvalue weighted by Gasteiger charge is -2.13. The second-order valence-electron chi connectivity index (χ2n) is 4.77. The van der Waals surface area contributed by atoms with Crippen molar-refractivity contribution in [1.29, 1.82) is 0 Å². The SMILES string of the molecule is O=C(O)c1cn(-c2ccc(F)cc2F)c2nc(Cl)c(F)cc2c1=O. The Labute approximate surface area is 136 Å². The molecule has 0 unspecified atom stereocenters. The van der Waals surface area contributed by atoms with Crippen LogP contribution in [-0.4, -0.2) is 20.6 Å². The number of carboxylic acid groups (broad SMARTS) is 1. The minimum Gasteiger partial charge on any atom is -0.477 e. The first-order valence-electron chi connectivity index (χ1n) is 6.39. The lowest BCUT2D eigenvalue weighted by atomic mass is 10.1. The Morgan fingerprint density at radius 2 is 1.88 bits per heavy atom. The summed E-state index contributed by atoms with van der Waals surface area (Å²) in [6.07, 6.45) is 0.824. The van der Waals surface area contributed by atoms with Gasteiger partial charge in [0.2, 0.25) is 5.43 Å². The molecule has 9 heteroatoms. The summed E-state index contributed by atoms with van der Waals surface area (Å²) in [5, 5.41) is 8.14. The topological polar surface area (TPSA) is 72.2 Å². The Kier molecular flexibility index (Phi) is 3.76. The van der Waals surface area contributed by atoms with E-state index >= 15 is 0 Å². The number of hydrogen-bond donors (Lipinski definition) is 1. The lowest BCUT2D eigenvalue weighted by Crippen LogP contribution is -2.19. The van der Waals surface area contributed by atoms with Crippen LogP contribution in [0.1, 0.15) is 10.4 Å². The highest BCUT2D eigenvalue weighted by Gasteiger charge is 2.19. The Morgan fingerprint density at radius 1 is 1.17 bits per heavy atom. The number of carbonyl (C=O) groups is 1. The summed E-state index contributed by atoms with van der Waals surface area (Å²) < 4.78 is 41.7. The van der Waals surface area contributed by atoms with E-state index in [1.807, 2.05) is 0 Å². The summed E-state index contributed by atoms with van der Waals surface area (Å²) >= 11 is 5.60. The summed E-state index contributed by atoms with van der Waals surface area (Å²) in [6.45, 7) is 0. The van der Waals surface area contributed by atoms with Crippen molar-refractivity contribution in [3.63, 3.8) is 0 Å². The summed E-state index contributed by atoms with van der Waals surface area (Å²) in [5.41, 5.74) is -2.27. The van der Waals surface area contributed by atoms with Gasteiger partial charge in [0.25, 0.3) is 0 Å². The fourth-order valence-corrected chi connectivity index (χ4v) is 2.35. The molecule has 0 radical (unpaired) electrons. The number of hydrogen-bond acceptors (Lipinski definition) is 3. The van der Waals surface area contributed by atoms with Crippen LogP contribution in [0.5, 0.6) is 0 Å². The average Bonchev–Trinajstić information content (AvgIpc) is 2.50. The fraction of sp³-hybridized carbons (Fsp3) is 0. The van der Waals surface area contributed by atoms with E-state index < -0.39 is 45.0 Å². The predicted molar refractivity (Wildman–Crippen MR) is 79.2 cm³/mol. The van der Waals surface area contributed by atoms with Crippen molar-refractivity contribution >= 4 is 28.6 Å². The van der Waals surface area contributed by atoms with E-state index in [0.29, 0.717) is 6.07 Å². The quantitative estimate of drug-likeness (QED) is 0.718. The molecule has 3 rings (SSSR count). The molecule has 1 aromatic carbocycles. The second-order valence-corrected chi connectivity index (χ2v) is 5.13. The van der Waals surface area contributed by atoms with E-state index in [9.17, 15) is 22.8 Å². The third-order valence-electron chi connectivity index (χ3n) is 3.29. The van der Waals surface area contributed by atoms with Crippen molar-refractivity contribution in [3.8, 4) is 5.69 Å². The van der Waals surface area contributed by atoms with Crippen molar-refractivity contribution in [3.05, 3.63) is 68.9 Å². The molecule has 0 atom stereocenters. The molecule has 0 fully saturated rings. The molecule has 0 saturated carbocycles. The number of nitrogens with zero attached hydrogens (tertiary/aromatic N) is 2. The Bertz CT molecular complexity index is 1070. The Morgan fingerprint density at radius 3 is 2.50 bits per heavy atom. The van der Waals surface area contributed by atoms with Crippen molar-refractivity contribution in [2.45, 2.75) is 0 Å². The van der Waals surface area contributed by atoms with Gasteiger partial charge in [-0.25, -0.2) is 22.9 Å². The Hall–Kier alpha value is -2.87. The van der Waals surface area contributed by atoms with Gasteiger partial charge >= 0.3 is 5.97 Å². The zero-order valence-electron chi connectivity index (χ0n) is 11.6. The molecule has 0 spiro atoms. The van der Waals surface area contributed by atoms with Crippen molar-refractivity contribution in [2.75, 3.05) is 0 Å². The highest BCUT2D eigenvalue weighted by molar-refractivity contribution is 6.29. The number of carboxylic acids is 1. The van der Waals surface area contributed by atoms with Gasteiger partial charge in [0.15, 0.2) is 16.6 Å². The summed E-state index contributed by atoms with van der Waals surface area (Å²) in [7, 11) is 0. The first kappa shape index (κ1) is 16.0. The van der Waals surface area contributed by atoms with Crippen LogP contribution >= 0.6 is 11.6 Å². The number of aromatic nitrogens is 2. The number of pyridine rings is 2. The largest absolute Gasteiger partial charge is 0.477 e. The van der Waals surface area contributed by atoms with Gasteiger partial charge in [-0.05, 0) is 18.2 Å². The fourth-order valence-electron chi connectivity index (χ4n) is 2.21. The molecule has 0 aliphatic carbocycles. The van der Waals surface area contributed by atoms with Crippen LogP contribution in [0.3, 0.4) is 0 Å². The van der Waals surface area contributed by atoms with Gasteiger partial charge in [0.05, 0.1) is 11.1 Å². The number of rotatable bonds is 2. The number of halogens is 4. The highest BCUT2D eigenvalue weighted by Crippen LogP contribution is 2.23. The van der Waals surface area contributed by atoms with Crippen LogP contribution in [0.2, 0.25) is 5.15 Å². The smallest absolute Gasteiger partial charge is 0.341 e. The molecule has 3 aromatic rings. The second kappa shape index (κ2) is 5.64. The van der Waals surface area contributed by atoms with E-state index in [4.69, 9.17) is 16.7 Å². The molecule has 0 saturated heterocycles. The first-order chi connectivity index (χ1) is 11.3. The molecule has 0 aliphatic rings. The van der Waals surface area contributed by atoms with Gasteiger partial charge in [-0.15, -0.1) is 0 Å². The molecule has 2 heterocycles. The lowest BCUT2D eigenvalue weighted by molar-refractivity contribution is 0.0695. The van der Waals surface area contributed by atoms with Crippen molar-refractivity contribution < 1.29 is 23.1 Å². The molecule has 2 aromatic heterocycles. The van der Waals surface area contributed by atoms with E-state index in [1.54, 1.807) is 0 Å². The highest BCUT2D eigenvalue weighted by atomic mass is 35.5. The summed E-state index contributed by atoms with van der Waals surface area (Å²) in [5.74, 6) is -4.50. The molecule has 0 bridgehead atoms. The van der Waals surface area contributed by atoms with Crippen LogP contribution in [-0.2, 0) is 0 Å². The van der Waals surface area contributed by atoms with Crippen molar-refractivity contribution in [1.82, 2.24) is 9.55 Å². The molecule has 5 nitrogen and oxygen atoms in total. The normalized spacial score (nSPS) is 11.0. The van der Waals surface area contributed by atoms with Gasteiger partial charge in [-0.1, -0.05) is 11.6 Å². The zero-order valence-corrected chi connectivity index (χ0v) is 12.3. The molecular formula is C15H6ClF3N2O3. The summed E-state index contributed by atoms with van der Waals surface area (Å²) in [4.78, 5) is 27.1. The zero-order chi connectivity index (χ0) is 17.6. The maximum absolute atomic E-state index is 14.1. The van der Waals surface area contributed by atoms with E-state index in [-0.39, 0.29) is 11.3 Å². The maximum atomic E-state index is 14.1. The third-order valence-corrected chi connectivity index (χ3v) is 3.55. The Balaban J connectivity index is 2.50. The molecule has 24 heavy (non-hydrogen) atoms. The van der Waals surface area contributed by atoms with Crippen LogP contribution < -0.4 is 5.43 Å². The minimum absolute atomic E-state index is 0.262. The van der Waals surface area contributed by atoms with E-state index in [0.717, 1.165) is 29.0 Å². The van der Waals surface area contributed by atoms with Gasteiger partial charge in [0.1, 0.15) is 17.2 Å². The van der Waals surface area contributed by atoms with E-state index in [2.05, 4.69) is 4.98 Å². The van der Waals surface area contributed by atoms with Crippen LogP contribution in [0, 0.1) is 17.5 Å². The maximum Gasteiger partial charge on any atom is 0.341 e. The summed E-state index contributed by atoms with van der Waals surface area (Å²) in [6, 6.07) is 3.26. The molecular weight excluding hydrogens is 349 g/mol. The van der Waals surface area contributed by atoms with Crippen LogP contribution in [0.25, 0.3) is 16.7 Å². The average molecular weight is 355 g/mol. The molecule has 0 aliphatic heterocycles. The first-order valence-corrected chi connectivity index (χ1v) is 6.77. The molecule has 1 N–H and O–H groups in total. The monoisotopic (exact) mass is 354 g/mol. The van der Waals surface area contributed by atoms with Crippen molar-refractivity contribution in [2.24, 2.45) is 0 Å². The van der Waals surface area contributed by atoms with Gasteiger partial charge in [-0.3, -0.25) is 9.36 Å². The number of fused-ring (bicyclic) bond motifs is 1. The standard InChI is InChI=1S/C15H6ClF3N2O3/c16-13-10(19)4-7-12(22)8(15(23)24)5-21(14(7)20-13)11-2-1-6(17)3-9(11)18/h1-5H,(H,23,24). The number of aromatic carboxylic acids is 1. The predicted octanol–water partition coefficient (Wildman–Crippen LogP) is 3.15. The minimum atomic E-state index is -1.59. The van der Waals surface area contributed by atoms with E-state index in [1.165, 1.54) is 0 Å². The van der Waals surface area contributed by atoms with Gasteiger partial charge < -0.3 is 5.11 Å². The third kappa shape index (κ3) is 2.50. The van der Waals surface area contributed by atoms with Crippen LogP contribution in [0.15, 0.2) is 35.3 Å². The molecule has 122 valence electrons. The van der Waals surface area contributed by atoms with Gasteiger partial charge in [-0.2, -0.15) is 0 Å². The number of benzene rings is 1.